The fourth-order valence-corrected chi connectivity index (χ4v) is 3.77. The van der Waals surface area contributed by atoms with E-state index in [2.05, 4.69) is 0 Å². The van der Waals surface area contributed by atoms with Crippen LogP contribution in [0.3, 0.4) is 0 Å². The second kappa shape index (κ2) is 9.28. The van der Waals surface area contributed by atoms with Gasteiger partial charge in [-0.1, -0.05) is 48.6 Å². The van der Waals surface area contributed by atoms with Crippen LogP contribution in [0.5, 0.6) is 0 Å². The molecular formula is C22H22BClF2N4O. The van der Waals surface area contributed by atoms with Gasteiger partial charge < -0.3 is 17.6 Å². The first-order valence-electron chi connectivity index (χ1n) is 9.68. The molecule has 0 unspecified atom stereocenters. The summed E-state index contributed by atoms with van der Waals surface area (Å²) in [6.45, 7) is -4.09. The van der Waals surface area contributed by atoms with Crippen LogP contribution in [-0.2, 0) is 11.2 Å². The minimum atomic E-state index is -4.09. The van der Waals surface area contributed by atoms with Gasteiger partial charge in [0.05, 0.1) is 0 Å². The number of halogens is 3. The van der Waals surface area contributed by atoms with Crippen LogP contribution in [0.1, 0.15) is 23.4 Å². The Morgan fingerprint density at radius 2 is 1.84 bits per heavy atom. The van der Waals surface area contributed by atoms with Crippen molar-refractivity contribution in [1.29, 1.82) is 0 Å². The van der Waals surface area contributed by atoms with Gasteiger partial charge in [-0.15, -0.1) is 12.4 Å². The maximum atomic E-state index is 15.5. The number of rotatable bonds is 6. The number of hydrazine groups is 1. The van der Waals surface area contributed by atoms with Crippen LogP contribution >= 0.6 is 12.4 Å². The number of amides is 1. The number of carbonyl (C=O) groups excluding carboxylic acids is 1. The molecule has 5 nitrogen and oxygen atoms in total. The Bertz CT molecular complexity index is 1130. The van der Waals surface area contributed by atoms with Crippen molar-refractivity contribution in [1.82, 2.24) is 9.90 Å². The van der Waals surface area contributed by atoms with Crippen LogP contribution in [0.25, 0.3) is 12.2 Å². The maximum Gasteiger partial charge on any atom is 0.737 e. The number of benzene rings is 1. The largest absolute Gasteiger partial charge is 0.737 e. The van der Waals surface area contributed by atoms with Crippen molar-refractivity contribution in [3.05, 3.63) is 95.5 Å². The smallest absolute Gasteiger partial charge is 0.394 e. The van der Waals surface area contributed by atoms with E-state index in [9.17, 15) is 4.79 Å². The number of nitrogens with zero attached hydrogens (tertiary/aromatic N) is 2. The van der Waals surface area contributed by atoms with Crippen molar-refractivity contribution in [3.8, 4) is 0 Å². The van der Waals surface area contributed by atoms with Gasteiger partial charge in [0.25, 0.3) is 0 Å². The fourth-order valence-electron chi connectivity index (χ4n) is 3.77. The third kappa shape index (κ3) is 4.45. The standard InChI is InChI=1S/C22H21BF2N4O.ClH/c24-23(25)28-18(9-5-4-8-17-6-2-1-3-7-17)10-12-20(28)16-21-13-11-19(29(21)23)14-15-22(30)27-26;/h1-13,16H,14-15,26H2,(H,27,30);1H/b8-4+,9-5+;. The molecule has 9 heteroatoms. The predicted octanol–water partition coefficient (Wildman–Crippen LogP) is 3.70. The quantitative estimate of drug-likeness (QED) is 0.236. The molecule has 3 heterocycles. The number of aromatic nitrogens is 1. The van der Waals surface area contributed by atoms with Gasteiger partial charge in [0.1, 0.15) is 0 Å². The average molecular weight is 443 g/mol. The molecule has 0 radical (unpaired) electrons. The first kappa shape index (κ1) is 22.5. The second-order valence-electron chi connectivity index (χ2n) is 7.10. The number of nitrogens with one attached hydrogen (secondary N) is 1. The van der Waals surface area contributed by atoms with Crippen molar-refractivity contribution in [2.24, 2.45) is 5.84 Å². The molecule has 2 aromatic rings. The third-order valence-corrected chi connectivity index (χ3v) is 5.17. The molecule has 4 rings (SSSR count). The monoisotopic (exact) mass is 442 g/mol. The highest BCUT2D eigenvalue weighted by Gasteiger charge is 2.52. The molecule has 0 fully saturated rings. The number of fused-ring (bicyclic) bond motifs is 2. The van der Waals surface area contributed by atoms with E-state index in [1.165, 1.54) is 0 Å². The summed E-state index contributed by atoms with van der Waals surface area (Å²) in [5, 5.41) is 0. The van der Waals surface area contributed by atoms with Crippen LogP contribution in [0.2, 0.25) is 0 Å². The van der Waals surface area contributed by atoms with Crippen LogP contribution in [0.15, 0.2) is 78.5 Å². The first-order valence-corrected chi connectivity index (χ1v) is 9.68. The molecule has 0 bridgehead atoms. The molecule has 1 aromatic heterocycles. The molecule has 3 N–H and O–H groups in total. The molecule has 1 aromatic carbocycles. The van der Waals surface area contributed by atoms with Gasteiger partial charge in [-0.2, -0.15) is 0 Å². The van der Waals surface area contributed by atoms with Crippen LogP contribution in [0.4, 0.5) is 8.63 Å². The zero-order chi connectivity index (χ0) is 21.1. The number of hydrogen-bond acceptors (Lipinski definition) is 2. The highest BCUT2D eigenvalue weighted by Crippen LogP contribution is 2.32. The van der Waals surface area contributed by atoms with Crippen molar-refractivity contribution in [2.75, 3.05) is 0 Å². The van der Waals surface area contributed by atoms with Crippen molar-refractivity contribution in [2.45, 2.75) is 12.8 Å². The van der Waals surface area contributed by atoms with E-state index in [0.717, 1.165) is 14.5 Å². The first-order chi connectivity index (χ1) is 14.5. The second-order valence-corrected chi connectivity index (χ2v) is 7.10. The van der Waals surface area contributed by atoms with Gasteiger partial charge in [0, 0.05) is 36.4 Å². The number of allylic oxidation sites excluding steroid dienone is 5. The number of aryl methyl sites for hydroxylation is 1. The number of nitrogens with two attached hydrogens (primary N) is 1. The molecule has 1 amide bonds. The Balaban J connectivity index is 0.00000272. The summed E-state index contributed by atoms with van der Waals surface area (Å²) in [5.74, 6) is 4.70. The molecule has 0 atom stereocenters. The lowest BCUT2D eigenvalue weighted by Crippen LogP contribution is -2.50. The van der Waals surface area contributed by atoms with Gasteiger partial charge in [-0.25, -0.2) is 5.84 Å². The van der Waals surface area contributed by atoms with E-state index < -0.39 is 12.9 Å². The van der Waals surface area contributed by atoms with Crippen molar-refractivity contribution < 1.29 is 17.9 Å². The van der Waals surface area contributed by atoms with Gasteiger partial charge in [-0.05, 0) is 29.8 Å². The predicted molar refractivity (Wildman–Crippen MR) is 123 cm³/mol. The lowest BCUT2D eigenvalue weighted by molar-refractivity contribution is -0.360. The molecule has 0 spiro atoms. The topological polar surface area (TPSA) is 63.1 Å². The Morgan fingerprint density at radius 1 is 1.10 bits per heavy atom. The van der Waals surface area contributed by atoms with E-state index in [0.29, 0.717) is 22.8 Å². The number of carbonyl (C=O) groups is 1. The van der Waals surface area contributed by atoms with Gasteiger partial charge in [0.2, 0.25) is 5.91 Å². The van der Waals surface area contributed by atoms with Crippen LogP contribution < -0.4 is 11.3 Å². The van der Waals surface area contributed by atoms with Crippen molar-refractivity contribution >= 4 is 43.1 Å². The van der Waals surface area contributed by atoms with Gasteiger partial charge >= 0.3 is 6.97 Å². The summed E-state index contributed by atoms with van der Waals surface area (Å²) in [6, 6.07) is 13.0. The van der Waals surface area contributed by atoms with E-state index in [4.69, 9.17) is 5.84 Å². The molecule has 31 heavy (non-hydrogen) atoms. The lowest BCUT2D eigenvalue weighted by atomic mass is 9.90. The zero-order valence-corrected chi connectivity index (χ0v) is 17.4. The summed E-state index contributed by atoms with van der Waals surface area (Å²) in [6.07, 6.45) is 12.5. The highest BCUT2D eigenvalue weighted by atomic mass is 35.5. The summed E-state index contributed by atoms with van der Waals surface area (Å²) >= 11 is 0. The van der Waals surface area contributed by atoms with Crippen LogP contribution in [-0.4, -0.2) is 27.6 Å². The Hall–Kier alpha value is -3.23. The Morgan fingerprint density at radius 3 is 2.58 bits per heavy atom. The molecule has 2 aliphatic rings. The van der Waals surface area contributed by atoms with E-state index >= 15 is 8.63 Å². The van der Waals surface area contributed by atoms with E-state index in [1.54, 1.807) is 42.5 Å². The summed E-state index contributed by atoms with van der Waals surface area (Å²) in [5.41, 5.74) is 4.74. The lowest BCUT2D eigenvalue weighted by Gasteiger charge is -2.30. The van der Waals surface area contributed by atoms with Crippen molar-refractivity contribution in [3.63, 3.8) is 0 Å². The minimum Gasteiger partial charge on any atom is -0.394 e. The average Bonchev–Trinajstić information content (AvgIpc) is 3.35. The van der Waals surface area contributed by atoms with Crippen LogP contribution in [0, 0.1) is 0 Å². The Labute approximate surface area is 185 Å². The highest BCUT2D eigenvalue weighted by molar-refractivity contribution is 6.58. The molecular weight excluding hydrogens is 421 g/mol. The maximum absolute atomic E-state index is 15.5. The summed E-state index contributed by atoms with van der Waals surface area (Å²) < 4.78 is 33.2. The third-order valence-electron chi connectivity index (χ3n) is 5.17. The summed E-state index contributed by atoms with van der Waals surface area (Å²) in [4.78, 5) is 11.4. The normalized spacial score (nSPS) is 16.3. The fraction of sp³-hybridized carbons (Fsp3) is 0.0909. The zero-order valence-electron chi connectivity index (χ0n) is 16.6. The minimum absolute atomic E-state index is 0. The van der Waals surface area contributed by atoms with E-state index in [1.807, 2.05) is 47.9 Å². The summed E-state index contributed by atoms with van der Waals surface area (Å²) in [7, 11) is 0. The Kier molecular flexibility index (Phi) is 6.73. The molecule has 2 aliphatic heterocycles. The SMILES string of the molecule is Cl.NNC(=O)CCc1ccc2n1[B-](F)(F)[N+]1=C(/C=C/C=C/c3ccccc3)C=CC1=C2. The molecule has 0 saturated heterocycles. The van der Waals surface area contributed by atoms with Gasteiger partial charge in [-0.3, -0.25) is 10.2 Å². The number of hydrogen-bond donors (Lipinski definition) is 2. The molecule has 0 aliphatic carbocycles. The molecule has 160 valence electrons. The van der Waals surface area contributed by atoms with E-state index in [-0.39, 0.29) is 25.2 Å². The molecule has 0 saturated carbocycles. The van der Waals surface area contributed by atoms with Gasteiger partial charge in [0.15, 0.2) is 11.4 Å².